The summed E-state index contributed by atoms with van der Waals surface area (Å²) in [5, 5.41) is 17.5. The number of nitrogens with one attached hydrogen (secondary N) is 2. The quantitative estimate of drug-likeness (QED) is 0.376. The Morgan fingerprint density at radius 1 is 1.28 bits per heavy atom. The van der Waals surface area contributed by atoms with E-state index in [-0.39, 0.29) is 16.1 Å². The molecule has 0 aromatic carbocycles. The van der Waals surface area contributed by atoms with Crippen molar-refractivity contribution in [3.8, 4) is 0 Å². The van der Waals surface area contributed by atoms with E-state index in [9.17, 15) is 19.7 Å². The molecule has 0 fully saturated rings. The number of nitrogens with two attached hydrogens (primary N) is 1. The summed E-state index contributed by atoms with van der Waals surface area (Å²) < 4.78 is 0. The Bertz CT molecular complexity index is 1030. The SMILES string of the molecule is CC1(C)Cc2c(sc(NC(=O)C=Cc3ccc([N+](=O)[O-])s3)c2C(N)=O)C(C)(C)N1. The monoisotopic (exact) mass is 434 g/mol. The molecule has 3 heterocycles. The summed E-state index contributed by atoms with van der Waals surface area (Å²) >= 11 is 2.31. The van der Waals surface area contributed by atoms with Crippen LogP contribution in [0.15, 0.2) is 18.2 Å². The third kappa shape index (κ3) is 4.39. The lowest BCUT2D eigenvalue weighted by molar-refractivity contribution is -0.380. The molecule has 3 rings (SSSR count). The molecule has 0 unspecified atom stereocenters. The number of carbonyl (C=O) groups is 2. The number of primary amides is 1. The van der Waals surface area contributed by atoms with Crippen LogP contribution in [0.4, 0.5) is 10.0 Å². The number of nitrogens with zero attached hydrogens (tertiary/aromatic N) is 1. The van der Waals surface area contributed by atoms with Crippen molar-refractivity contribution in [2.45, 2.75) is 45.2 Å². The molecule has 0 radical (unpaired) electrons. The van der Waals surface area contributed by atoms with Gasteiger partial charge >= 0.3 is 5.00 Å². The molecule has 2 aromatic rings. The maximum atomic E-state index is 12.4. The van der Waals surface area contributed by atoms with E-state index in [1.807, 2.05) is 13.8 Å². The Morgan fingerprint density at radius 3 is 2.55 bits per heavy atom. The predicted molar refractivity (Wildman–Crippen MR) is 115 cm³/mol. The van der Waals surface area contributed by atoms with Crippen LogP contribution in [0.5, 0.6) is 0 Å². The highest BCUT2D eigenvalue weighted by Gasteiger charge is 2.41. The summed E-state index contributed by atoms with van der Waals surface area (Å²) in [5.41, 5.74) is 6.26. The predicted octanol–water partition coefficient (Wildman–Crippen LogP) is 3.63. The smallest absolute Gasteiger partial charge is 0.324 e. The fourth-order valence-electron chi connectivity index (χ4n) is 3.72. The van der Waals surface area contributed by atoms with Crippen LogP contribution in [0.1, 0.15) is 53.4 Å². The Balaban J connectivity index is 1.88. The maximum Gasteiger partial charge on any atom is 0.324 e. The first-order valence-electron chi connectivity index (χ1n) is 8.88. The molecular formula is C19H22N4O4S2. The molecule has 4 N–H and O–H groups in total. The number of amides is 2. The zero-order valence-corrected chi connectivity index (χ0v) is 18.1. The highest BCUT2D eigenvalue weighted by Crippen LogP contribution is 2.44. The summed E-state index contributed by atoms with van der Waals surface area (Å²) in [6, 6.07) is 2.96. The Labute approximate surface area is 176 Å². The van der Waals surface area contributed by atoms with Gasteiger partial charge in [0.15, 0.2) is 0 Å². The van der Waals surface area contributed by atoms with E-state index in [1.54, 1.807) is 6.07 Å². The number of rotatable bonds is 5. The van der Waals surface area contributed by atoms with Gasteiger partial charge < -0.3 is 16.4 Å². The molecule has 1 aliphatic heterocycles. The summed E-state index contributed by atoms with van der Waals surface area (Å²) in [6.07, 6.45) is 3.40. The minimum atomic E-state index is -0.579. The zero-order valence-electron chi connectivity index (χ0n) is 16.5. The van der Waals surface area contributed by atoms with Gasteiger partial charge in [0, 0.05) is 33.0 Å². The van der Waals surface area contributed by atoms with Gasteiger partial charge in [-0.3, -0.25) is 19.7 Å². The first kappa shape index (κ1) is 21.2. The number of thiophene rings is 2. The molecule has 10 heteroatoms. The van der Waals surface area contributed by atoms with E-state index >= 15 is 0 Å². The highest BCUT2D eigenvalue weighted by atomic mass is 32.1. The fourth-order valence-corrected chi connectivity index (χ4v) is 5.73. The largest absolute Gasteiger partial charge is 0.365 e. The van der Waals surface area contributed by atoms with E-state index in [0.29, 0.717) is 21.9 Å². The van der Waals surface area contributed by atoms with Crippen LogP contribution in [0.2, 0.25) is 0 Å². The van der Waals surface area contributed by atoms with Gasteiger partial charge in [-0.05, 0) is 51.8 Å². The van der Waals surface area contributed by atoms with Crippen molar-refractivity contribution >= 4 is 50.6 Å². The minimum absolute atomic E-state index is 0.00403. The first-order chi connectivity index (χ1) is 13.4. The van der Waals surface area contributed by atoms with Gasteiger partial charge in [-0.2, -0.15) is 0 Å². The summed E-state index contributed by atoms with van der Waals surface area (Å²) in [7, 11) is 0. The summed E-state index contributed by atoms with van der Waals surface area (Å²) in [5.74, 6) is -1.02. The zero-order chi connectivity index (χ0) is 21.6. The van der Waals surface area contributed by atoms with Gasteiger partial charge in [-0.1, -0.05) is 11.3 Å². The lowest BCUT2D eigenvalue weighted by Gasteiger charge is -2.42. The fraction of sp³-hybridized carbons (Fsp3) is 0.368. The molecule has 0 spiro atoms. The number of hydrogen-bond acceptors (Lipinski definition) is 7. The van der Waals surface area contributed by atoms with Crippen LogP contribution in [0.25, 0.3) is 6.08 Å². The van der Waals surface area contributed by atoms with Gasteiger partial charge in [0.05, 0.1) is 10.5 Å². The first-order valence-corrected chi connectivity index (χ1v) is 10.5. The van der Waals surface area contributed by atoms with Crippen LogP contribution in [-0.2, 0) is 16.8 Å². The third-order valence-electron chi connectivity index (χ3n) is 4.52. The van der Waals surface area contributed by atoms with E-state index in [0.717, 1.165) is 21.8 Å². The van der Waals surface area contributed by atoms with Gasteiger partial charge in [0.2, 0.25) is 5.91 Å². The average molecular weight is 435 g/mol. The number of carbonyl (C=O) groups excluding carboxylic acids is 2. The number of nitro groups is 1. The topological polar surface area (TPSA) is 127 Å². The molecule has 154 valence electrons. The molecule has 29 heavy (non-hydrogen) atoms. The summed E-state index contributed by atoms with van der Waals surface area (Å²) in [6.45, 7) is 8.18. The van der Waals surface area contributed by atoms with Gasteiger partial charge in [-0.25, -0.2) is 0 Å². The number of hydrogen-bond donors (Lipinski definition) is 3. The van der Waals surface area contributed by atoms with Crippen LogP contribution in [0.3, 0.4) is 0 Å². The second-order valence-electron chi connectivity index (χ2n) is 8.04. The number of anilines is 1. The molecule has 0 saturated heterocycles. The maximum absolute atomic E-state index is 12.4. The van der Waals surface area contributed by atoms with Crippen LogP contribution in [0, 0.1) is 10.1 Å². The van der Waals surface area contributed by atoms with Crippen molar-refractivity contribution in [1.82, 2.24) is 5.32 Å². The second-order valence-corrected chi connectivity index (χ2v) is 10.2. The molecule has 2 aromatic heterocycles. The lowest BCUT2D eigenvalue weighted by atomic mass is 9.81. The van der Waals surface area contributed by atoms with Gasteiger partial charge in [-0.15, -0.1) is 11.3 Å². The van der Waals surface area contributed by atoms with Gasteiger partial charge in [0.25, 0.3) is 5.91 Å². The molecule has 2 amide bonds. The Kier molecular flexibility index (Phi) is 5.37. The Morgan fingerprint density at radius 2 is 1.97 bits per heavy atom. The molecule has 1 aliphatic rings. The van der Waals surface area contributed by atoms with E-state index < -0.39 is 16.7 Å². The van der Waals surface area contributed by atoms with Crippen molar-refractivity contribution in [2.24, 2.45) is 5.73 Å². The van der Waals surface area contributed by atoms with Crippen molar-refractivity contribution in [1.29, 1.82) is 0 Å². The minimum Gasteiger partial charge on any atom is -0.365 e. The van der Waals surface area contributed by atoms with E-state index in [2.05, 4.69) is 24.5 Å². The Hall–Kier alpha value is -2.56. The normalized spacial score (nSPS) is 17.1. The van der Waals surface area contributed by atoms with Crippen LogP contribution < -0.4 is 16.4 Å². The van der Waals surface area contributed by atoms with Crippen molar-refractivity contribution in [3.63, 3.8) is 0 Å². The second kappa shape index (κ2) is 7.36. The highest BCUT2D eigenvalue weighted by molar-refractivity contribution is 7.17. The van der Waals surface area contributed by atoms with Gasteiger partial charge in [0.1, 0.15) is 5.00 Å². The van der Waals surface area contributed by atoms with Crippen LogP contribution in [-0.4, -0.2) is 22.3 Å². The van der Waals surface area contributed by atoms with Crippen molar-refractivity contribution in [3.05, 3.63) is 49.2 Å². The third-order valence-corrected chi connectivity index (χ3v) is 6.99. The van der Waals surface area contributed by atoms with Crippen LogP contribution >= 0.6 is 22.7 Å². The average Bonchev–Trinajstić information content (AvgIpc) is 3.16. The lowest BCUT2D eigenvalue weighted by Crippen LogP contribution is -2.55. The van der Waals surface area contributed by atoms with Crippen molar-refractivity contribution in [2.75, 3.05) is 5.32 Å². The summed E-state index contributed by atoms with van der Waals surface area (Å²) in [4.78, 5) is 36.4. The van der Waals surface area contributed by atoms with Crippen molar-refractivity contribution < 1.29 is 14.5 Å². The number of fused-ring (bicyclic) bond motifs is 1. The molecule has 0 bridgehead atoms. The van der Waals surface area contributed by atoms with E-state index in [4.69, 9.17) is 5.73 Å². The molecule has 8 nitrogen and oxygen atoms in total. The standard InChI is InChI=1S/C19H22N4O4S2/c1-18(2)9-11-14(16(20)25)17(29-15(11)19(3,4)22-18)21-12(24)7-5-10-6-8-13(28-10)23(26)27/h5-8,22H,9H2,1-4H3,(H2,20,25)(H,21,24). The molecular weight excluding hydrogens is 412 g/mol. The molecule has 0 saturated carbocycles. The molecule has 0 atom stereocenters. The van der Waals surface area contributed by atoms with E-state index in [1.165, 1.54) is 29.6 Å². The molecule has 0 aliphatic carbocycles.